The summed E-state index contributed by atoms with van der Waals surface area (Å²) in [5, 5.41) is 18.9. The van der Waals surface area contributed by atoms with Crippen molar-refractivity contribution in [2.45, 2.75) is 43.8 Å². The van der Waals surface area contributed by atoms with Gasteiger partial charge in [0.2, 0.25) is 0 Å². The highest BCUT2D eigenvalue weighted by Gasteiger charge is 2.36. The number of alkyl halides is 6. The Morgan fingerprint density at radius 3 is 2.17 bits per heavy atom. The van der Waals surface area contributed by atoms with Crippen molar-refractivity contribution in [3.05, 3.63) is 59.2 Å². The summed E-state index contributed by atoms with van der Waals surface area (Å²) in [6, 6.07) is 5.86. The zero-order chi connectivity index (χ0) is 22.7. The predicted octanol–water partition coefficient (Wildman–Crippen LogP) is 4.69. The van der Waals surface area contributed by atoms with Crippen LogP contribution in [0.5, 0.6) is 11.5 Å². The maximum Gasteiger partial charge on any atom is 0.416 e. The van der Waals surface area contributed by atoms with Gasteiger partial charge in [-0.15, -0.1) is 0 Å². The van der Waals surface area contributed by atoms with E-state index in [0.29, 0.717) is 12.1 Å². The fraction of sp³-hybridized carbons (Fsp3) is 0.400. The molecule has 10 heteroatoms. The molecule has 0 bridgehead atoms. The fourth-order valence-corrected chi connectivity index (χ4v) is 2.93. The number of hydrogen-bond acceptors (Lipinski definition) is 4. The first-order chi connectivity index (χ1) is 13.8. The van der Waals surface area contributed by atoms with Gasteiger partial charge in [-0.25, -0.2) is 0 Å². The lowest BCUT2D eigenvalue weighted by molar-refractivity contribution is -0.138. The lowest BCUT2D eigenvalue weighted by atomic mass is 9.89. The average molecular weight is 437 g/mol. The van der Waals surface area contributed by atoms with E-state index in [1.807, 2.05) is 0 Å². The van der Waals surface area contributed by atoms with E-state index in [2.05, 4.69) is 0 Å². The summed E-state index contributed by atoms with van der Waals surface area (Å²) in [7, 11) is 0. The van der Waals surface area contributed by atoms with E-state index in [1.165, 1.54) is 19.1 Å². The number of aliphatic hydroxyl groups is 2. The van der Waals surface area contributed by atoms with Gasteiger partial charge in [0.1, 0.15) is 11.5 Å². The Hall–Kier alpha value is -2.30. The van der Waals surface area contributed by atoms with E-state index >= 15 is 0 Å². The third kappa shape index (κ3) is 6.10. The Bertz CT molecular complexity index is 853. The van der Waals surface area contributed by atoms with Crippen LogP contribution in [0.2, 0.25) is 0 Å². The van der Waals surface area contributed by atoms with Gasteiger partial charge in [0.25, 0.3) is 0 Å². The number of rotatable bonds is 7. The molecule has 30 heavy (non-hydrogen) atoms. The molecule has 0 saturated carbocycles. The molecule has 0 fully saturated rings. The number of hydrogen-bond donors (Lipinski definition) is 3. The van der Waals surface area contributed by atoms with Crippen LogP contribution >= 0.6 is 0 Å². The molecule has 4 N–H and O–H groups in total. The van der Waals surface area contributed by atoms with E-state index < -0.39 is 48.2 Å². The van der Waals surface area contributed by atoms with Crippen LogP contribution in [0, 0.1) is 0 Å². The summed E-state index contributed by atoms with van der Waals surface area (Å²) in [6.07, 6.45) is -10.7. The van der Waals surface area contributed by atoms with Crippen LogP contribution < -0.4 is 10.5 Å². The van der Waals surface area contributed by atoms with Gasteiger partial charge in [-0.05, 0) is 48.2 Å². The minimum absolute atomic E-state index is 0.126. The zero-order valence-corrected chi connectivity index (χ0v) is 15.8. The summed E-state index contributed by atoms with van der Waals surface area (Å²) in [5.41, 5.74) is 3.33. The molecule has 3 unspecified atom stereocenters. The first kappa shape index (κ1) is 24.0. The van der Waals surface area contributed by atoms with Crippen molar-refractivity contribution >= 4 is 0 Å². The Morgan fingerprint density at radius 1 is 0.967 bits per heavy atom. The molecule has 0 heterocycles. The van der Waals surface area contributed by atoms with E-state index in [9.17, 15) is 31.4 Å². The molecule has 4 nitrogen and oxygen atoms in total. The molecule has 166 valence electrons. The number of aliphatic hydroxyl groups excluding tert-OH is 2. The molecule has 2 aromatic carbocycles. The summed E-state index contributed by atoms with van der Waals surface area (Å²) in [5.74, 6) is -1.31. The number of nitrogens with two attached hydrogens (primary N) is 1. The number of benzene rings is 2. The maximum atomic E-state index is 13.6. The number of ether oxygens (including phenoxy) is 1. The van der Waals surface area contributed by atoms with Crippen LogP contribution in [-0.2, 0) is 12.4 Å². The Morgan fingerprint density at radius 2 is 1.60 bits per heavy atom. The van der Waals surface area contributed by atoms with Gasteiger partial charge in [0.15, 0.2) is 0 Å². The van der Waals surface area contributed by atoms with Gasteiger partial charge in [-0.1, -0.05) is 19.1 Å². The van der Waals surface area contributed by atoms with Gasteiger partial charge >= 0.3 is 12.4 Å². The van der Waals surface area contributed by atoms with Gasteiger partial charge < -0.3 is 20.7 Å². The maximum absolute atomic E-state index is 13.6. The highest BCUT2D eigenvalue weighted by molar-refractivity contribution is 5.42. The Kier molecular flexibility index (Phi) is 7.38. The largest absolute Gasteiger partial charge is 0.457 e. The van der Waals surface area contributed by atoms with Crippen molar-refractivity contribution in [2.24, 2.45) is 5.73 Å². The second-order valence-electron chi connectivity index (χ2n) is 6.92. The molecule has 0 aliphatic heterocycles. The van der Waals surface area contributed by atoms with Crippen molar-refractivity contribution in [2.75, 3.05) is 6.61 Å². The van der Waals surface area contributed by atoms with Crippen LogP contribution in [0.1, 0.15) is 36.0 Å². The minimum Gasteiger partial charge on any atom is -0.457 e. The van der Waals surface area contributed by atoms with E-state index in [0.717, 1.165) is 18.2 Å². The fourth-order valence-electron chi connectivity index (χ4n) is 2.93. The lowest BCUT2D eigenvalue weighted by Gasteiger charge is -2.24. The first-order valence-electron chi connectivity index (χ1n) is 8.93. The molecular formula is C20H21F6NO3. The van der Waals surface area contributed by atoms with Gasteiger partial charge in [0, 0.05) is 0 Å². The summed E-state index contributed by atoms with van der Waals surface area (Å²) < 4.78 is 84.4. The lowest BCUT2D eigenvalue weighted by Crippen LogP contribution is -2.38. The summed E-state index contributed by atoms with van der Waals surface area (Å²) >= 11 is 0. The summed E-state index contributed by atoms with van der Waals surface area (Å²) in [6.45, 7) is 0.939. The molecule has 0 spiro atoms. The van der Waals surface area contributed by atoms with Crippen LogP contribution in [0.3, 0.4) is 0 Å². The van der Waals surface area contributed by atoms with E-state index in [4.69, 9.17) is 15.6 Å². The highest BCUT2D eigenvalue weighted by Crippen LogP contribution is 2.40. The molecule has 2 aromatic rings. The molecular weight excluding hydrogens is 416 g/mol. The van der Waals surface area contributed by atoms with E-state index in [1.54, 1.807) is 0 Å². The second-order valence-corrected chi connectivity index (χ2v) is 6.92. The van der Waals surface area contributed by atoms with Crippen LogP contribution in [0.15, 0.2) is 42.5 Å². The van der Waals surface area contributed by atoms with Gasteiger partial charge in [-0.2, -0.15) is 26.3 Å². The molecule has 0 aliphatic carbocycles. The van der Waals surface area contributed by atoms with Gasteiger partial charge in [0.05, 0.1) is 29.9 Å². The van der Waals surface area contributed by atoms with E-state index in [-0.39, 0.29) is 23.5 Å². The van der Waals surface area contributed by atoms with Crippen molar-refractivity contribution in [1.29, 1.82) is 0 Å². The molecule has 0 amide bonds. The van der Waals surface area contributed by atoms with Crippen molar-refractivity contribution in [1.82, 2.24) is 0 Å². The minimum atomic E-state index is -4.76. The molecule has 3 atom stereocenters. The van der Waals surface area contributed by atoms with Crippen molar-refractivity contribution < 1.29 is 41.3 Å². The van der Waals surface area contributed by atoms with Crippen LogP contribution in [0.25, 0.3) is 0 Å². The van der Waals surface area contributed by atoms with Crippen molar-refractivity contribution in [3.63, 3.8) is 0 Å². The number of halogens is 6. The van der Waals surface area contributed by atoms with Crippen molar-refractivity contribution in [3.8, 4) is 11.5 Å². The van der Waals surface area contributed by atoms with Crippen LogP contribution in [-0.4, -0.2) is 29.0 Å². The SMILES string of the molecule is CC(CC(O)C(N)CO)c1ccc(Oc2cccc(C(F)(F)F)c2)cc1C(F)(F)F. The van der Waals surface area contributed by atoms with Gasteiger partial charge in [-0.3, -0.25) is 0 Å². The monoisotopic (exact) mass is 437 g/mol. The Labute approximate surface area is 168 Å². The Balaban J connectivity index is 2.33. The third-order valence-electron chi connectivity index (χ3n) is 4.56. The zero-order valence-electron chi connectivity index (χ0n) is 15.8. The molecule has 0 aromatic heterocycles. The molecule has 0 saturated heterocycles. The second kappa shape index (κ2) is 9.23. The normalized spacial score (nSPS) is 15.5. The topological polar surface area (TPSA) is 75.7 Å². The van der Waals surface area contributed by atoms with Crippen LogP contribution in [0.4, 0.5) is 26.3 Å². The smallest absolute Gasteiger partial charge is 0.416 e. The molecule has 0 radical (unpaired) electrons. The average Bonchev–Trinajstić information content (AvgIpc) is 2.66. The molecule has 0 aliphatic rings. The predicted molar refractivity (Wildman–Crippen MR) is 97.1 cm³/mol. The third-order valence-corrected chi connectivity index (χ3v) is 4.56. The summed E-state index contributed by atoms with van der Waals surface area (Å²) in [4.78, 5) is 0. The molecule has 2 rings (SSSR count). The highest BCUT2D eigenvalue weighted by atomic mass is 19.4. The quantitative estimate of drug-likeness (QED) is 0.550. The standard InChI is InChI=1S/C20H21F6NO3/c1-11(7-18(29)17(27)10-28)15-6-5-14(9-16(15)20(24,25)26)30-13-4-2-3-12(8-13)19(21,22)23/h2-6,8-9,11,17-18,28-29H,7,10,27H2,1H3. The first-order valence-corrected chi connectivity index (χ1v) is 8.93.